The quantitative estimate of drug-likeness (QED) is 0.823. The normalized spacial score (nSPS) is 12.2. The van der Waals surface area contributed by atoms with Gasteiger partial charge in [0.25, 0.3) is 0 Å². The molecule has 0 aliphatic carbocycles. The number of benzene rings is 1. The summed E-state index contributed by atoms with van der Waals surface area (Å²) in [5.74, 6) is 0.634. The van der Waals surface area contributed by atoms with Crippen molar-refractivity contribution in [1.29, 1.82) is 0 Å². The van der Waals surface area contributed by atoms with Crippen molar-refractivity contribution in [3.05, 3.63) is 58.3 Å². The molecule has 1 aromatic heterocycles. The predicted molar refractivity (Wildman–Crippen MR) is 79.8 cm³/mol. The fraction of sp³-hybridized carbons (Fsp3) is 0.267. The van der Waals surface area contributed by atoms with Gasteiger partial charge in [0.2, 0.25) is 0 Å². The first kappa shape index (κ1) is 15.0. The van der Waals surface area contributed by atoms with Crippen molar-refractivity contribution in [3.8, 4) is 5.75 Å². The smallest absolute Gasteiger partial charge is 0.126 e. The Labute approximate surface area is 126 Å². The van der Waals surface area contributed by atoms with Crippen LogP contribution in [0.25, 0.3) is 0 Å². The molecule has 0 saturated heterocycles. The van der Waals surface area contributed by atoms with Crippen molar-refractivity contribution in [3.63, 3.8) is 0 Å². The van der Waals surface area contributed by atoms with Crippen molar-refractivity contribution >= 4 is 15.9 Å². The van der Waals surface area contributed by atoms with E-state index in [1.807, 2.05) is 30.3 Å². The van der Waals surface area contributed by atoms with Gasteiger partial charge in [0, 0.05) is 23.3 Å². The molecule has 1 aromatic carbocycles. The summed E-state index contributed by atoms with van der Waals surface area (Å²) in [6, 6.07) is 11.0. The van der Waals surface area contributed by atoms with E-state index < -0.39 is 6.10 Å². The van der Waals surface area contributed by atoms with Gasteiger partial charge >= 0.3 is 0 Å². The van der Waals surface area contributed by atoms with E-state index in [0.29, 0.717) is 30.2 Å². The summed E-state index contributed by atoms with van der Waals surface area (Å²) in [7, 11) is 1.62. The Hall–Kier alpha value is -1.43. The summed E-state index contributed by atoms with van der Waals surface area (Å²) >= 11 is 3.40. The maximum Gasteiger partial charge on any atom is 0.126 e. The van der Waals surface area contributed by atoms with Gasteiger partial charge in [-0.15, -0.1) is 0 Å². The molecule has 0 saturated carbocycles. The van der Waals surface area contributed by atoms with E-state index in [1.165, 1.54) is 0 Å². The van der Waals surface area contributed by atoms with Crippen molar-refractivity contribution < 1.29 is 14.6 Å². The number of aliphatic hydroxyl groups excluding tert-OH is 1. The Morgan fingerprint density at radius 3 is 2.75 bits per heavy atom. The lowest BCUT2D eigenvalue weighted by molar-refractivity contribution is 0.142. The van der Waals surface area contributed by atoms with Crippen LogP contribution in [0.15, 0.2) is 47.1 Å². The second-order valence-electron chi connectivity index (χ2n) is 4.15. The second kappa shape index (κ2) is 7.38. The highest BCUT2D eigenvalue weighted by atomic mass is 79.9. The molecule has 0 aliphatic heterocycles. The maximum absolute atomic E-state index is 10.5. The molecule has 2 aromatic rings. The third kappa shape index (κ3) is 3.56. The number of methoxy groups -OCH3 is 1. The molecule has 0 spiro atoms. The molecule has 20 heavy (non-hydrogen) atoms. The van der Waals surface area contributed by atoms with Crippen LogP contribution in [0.4, 0.5) is 0 Å². The molecular weight excluding hydrogens is 322 g/mol. The molecule has 4 nitrogen and oxygen atoms in total. The predicted octanol–water partition coefficient (Wildman–Crippen LogP) is 2.95. The first-order valence-corrected chi connectivity index (χ1v) is 7.02. The summed E-state index contributed by atoms with van der Waals surface area (Å²) in [5, 5.41) is 10.5. The number of aliphatic hydroxyl groups is 1. The van der Waals surface area contributed by atoms with E-state index in [4.69, 9.17) is 9.47 Å². The standard InChI is InChI=1S/C15H16BrNO3/c1-19-9-10-20-13-7-3-2-5-11(13)15(18)14-12(16)6-4-8-17-14/h2-8,15,18H,9-10H2,1H3. The van der Waals surface area contributed by atoms with Crippen LogP contribution in [-0.4, -0.2) is 30.4 Å². The Bertz CT molecular complexity index is 562. The van der Waals surface area contributed by atoms with Crippen LogP contribution in [0.5, 0.6) is 5.75 Å². The summed E-state index contributed by atoms with van der Waals surface area (Å²) in [6.45, 7) is 0.932. The average molecular weight is 338 g/mol. The monoisotopic (exact) mass is 337 g/mol. The van der Waals surface area contributed by atoms with E-state index in [1.54, 1.807) is 19.4 Å². The van der Waals surface area contributed by atoms with Crippen LogP contribution in [0, 0.1) is 0 Å². The summed E-state index contributed by atoms with van der Waals surface area (Å²) in [5.41, 5.74) is 1.25. The number of nitrogens with zero attached hydrogens (tertiary/aromatic N) is 1. The van der Waals surface area contributed by atoms with Gasteiger partial charge in [0.05, 0.1) is 12.3 Å². The van der Waals surface area contributed by atoms with Gasteiger partial charge in [-0.1, -0.05) is 18.2 Å². The van der Waals surface area contributed by atoms with Crippen molar-refractivity contribution in [2.75, 3.05) is 20.3 Å². The Kier molecular flexibility index (Phi) is 5.52. The van der Waals surface area contributed by atoms with Crippen LogP contribution in [0.1, 0.15) is 17.4 Å². The van der Waals surface area contributed by atoms with Crippen LogP contribution >= 0.6 is 15.9 Å². The molecule has 106 valence electrons. The number of hydrogen-bond donors (Lipinski definition) is 1. The van der Waals surface area contributed by atoms with E-state index in [9.17, 15) is 5.11 Å². The van der Waals surface area contributed by atoms with E-state index in [0.717, 1.165) is 4.47 Å². The van der Waals surface area contributed by atoms with E-state index in [2.05, 4.69) is 20.9 Å². The van der Waals surface area contributed by atoms with Crippen molar-refractivity contribution in [2.24, 2.45) is 0 Å². The number of aromatic nitrogens is 1. The minimum atomic E-state index is -0.843. The highest BCUT2D eigenvalue weighted by Gasteiger charge is 2.18. The number of hydrogen-bond acceptors (Lipinski definition) is 4. The summed E-state index contributed by atoms with van der Waals surface area (Å²) in [4.78, 5) is 4.22. The lowest BCUT2D eigenvalue weighted by Gasteiger charge is -2.16. The highest BCUT2D eigenvalue weighted by Crippen LogP contribution is 2.32. The van der Waals surface area contributed by atoms with Gasteiger partial charge in [-0.05, 0) is 34.1 Å². The van der Waals surface area contributed by atoms with E-state index >= 15 is 0 Å². The first-order chi connectivity index (χ1) is 9.74. The molecule has 0 amide bonds. The molecule has 1 unspecified atom stereocenters. The molecule has 1 heterocycles. The minimum Gasteiger partial charge on any atom is -0.491 e. The number of halogens is 1. The third-order valence-electron chi connectivity index (χ3n) is 2.80. The Balaban J connectivity index is 2.25. The fourth-order valence-electron chi connectivity index (χ4n) is 1.82. The molecule has 0 fully saturated rings. The van der Waals surface area contributed by atoms with Crippen LogP contribution in [0.2, 0.25) is 0 Å². The van der Waals surface area contributed by atoms with Crippen molar-refractivity contribution in [2.45, 2.75) is 6.10 Å². The zero-order valence-electron chi connectivity index (χ0n) is 11.1. The van der Waals surface area contributed by atoms with Crippen LogP contribution < -0.4 is 4.74 Å². The molecule has 1 N–H and O–H groups in total. The van der Waals surface area contributed by atoms with Crippen LogP contribution in [0.3, 0.4) is 0 Å². The van der Waals surface area contributed by atoms with Gasteiger partial charge in [0.15, 0.2) is 0 Å². The molecule has 2 rings (SSSR count). The zero-order chi connectivity index (χ0) is 14.4. The van der Waals surface area contributed by atoms with Crippen molar-refractivity contribution in [1.82, 2.24) is 4.98 Å². The van der Waals surface area contributed by atoms with Gasteiger partial charge < -0.3 is 14.6 Å². The SMILES string of the molecule is COCCOc1ccccc1C(O)c1ncccc1Br. The summed E-state index contributed by atoms with van der Waals surface area (Å²) < 4.78 is 11.4. The molecule has 0 bridgehead atoms. The highest BCUT2D eigenvalue weighted by molar-refractivity contribution is 9.10. The average Bonchev–Trinajstić information content (AvgIpc) is 2.48. The third-order valence-corrected chi connectivity index (χ3v) is 3.48. The number of para-hydroxylation sites is 1. The van der Waals surface area contributed by atoms with Gasteiger partial charge in [-0.3, -0.25) is 4.98 Å². The lowest BCUT2D eigenvalue weighted by Crippen LogP contribution is -2.09. The molecule has 1 atom stereocenters. The zero-order valence-corrected chi connectivity index (χ0v) is 12.7. The lowest BCUT2D eigenvalue weighted by atomic mass is 10.0. The first-order valence-electron chi connectivity index (χ1n) is 6.23. The number of rotatable bonds is 6. The van der Waals surface area contributed by atoms with Gasteiger partial charge in [-0.25, -0.2) is 0 Å². The van der Waals surface area contributed by atoms with Crippen LogP contribution in [-0.2, 0) is 4.74 Å². The number of ether oxygens (including phenoxy) is 2. The fourth-order valence-corrected chi connectivity index (χ4v) is 2.29. The largest absolute Gasteiger partial charge is 0.491 e. The van der Waals surface area contributed by atoms with Gasteiger partial charge in [0.1, 0.15) is 18.5 Å². The minimum absolute atomic E-state index is 0.434. The molecule has 0 aliphatic rings. The maximum atomic E-state index is 10.5. The molecule has 0 radical (unpaired) electrons. The summed E-state index contributed by atoms with van der Waals surface area (Å²) in [6.07, 6.45) is 0.807. The Morgan fingerprint density at radius 1 is 1.20 bits per heavy atom. The molecular formula is C15H16BrNO3. The van der Waals surface area contributed by atoms with E-state index in [-0.39, 0.29) is 0 Å². The second-order valence-corrected chi connectivity index (χ2v) is 5.01. The Morgan fingerprint density at radius 2 is 2.00 bits per heavy atom. The molecule has 5 heteroatoms. The van der Waals surface area contributed by atoms with Gasteiger partial charge in [-0.2, -0.15) is 0 Å². The number of pyridine rings is 1. The topological polar surface area (TPSA) is 51.6 Å².